The van der Waals surface area contributed by atoms with Crippen molar-refractivity contribution in [3.8, 4) is 11.5 Å². The van der Waals surface area contributed by atoms with Crippen molar-refractivity contribution in [3.63, 3.8) is 0 Å². The minimum atomic E-state index is -0.322. The largest absolute Gasteiger partial charge is 0.493 e. The summed E-state index contributed by atoms with van der Waals surface area (Å²) in [6.45, 7) is 1.82. The number of aliphatic hydroxyl groups is 1. The highest BCUT2D eigenvalue weighted by molar-refractivity contribution is 5.49. The van der Waals surface area contributed by atoms with E-state index in [0.717, 1.165) is 49.8 Å². The van der Waals surface area contributed by atoms with E-state index in [0.29, 0.717) is 0 Å². The number of fused-ring (bicyclic) bond motifs is 1. The molecule has 0 amide bonds. The second-order valence-corrected chi connectivity index (χ2v) is 7.53. The van der Waals surface area contributed by atoms with Gasteiger partial charge in [-0.05, 0) is 61.8 Å². The molecule has 1 aliphatic heterocycles. The van der Waals surface area contributed by atoms with E-state index in [9.17, 15) is 5.11 Å². The predicted molar refractivity (Wildman–Crippen MR) is 93.5 cm³/mol. The Kier molecular flexibility index (Phi) is 3.95. The highest BCUT2D eigenvalue weighted by Gasteiger charge is 2.45. The van der Waals surface area contributed by atoms with E-state index in [1.165, 1.54) is 24.1 Å². The van der Waals surface area contributed by atoms with Crippen LogP contribution in [0.4, 0.5) is 0 Å². The molecular formula is C20H27NO3. The first-order chi connectivity index (χ1) is 11.6. The Morgan fingerprint density at radius 1 is 1.21 bits per heavy atom. The maximum absolute atomic E-state index is 10.1. The quantitative estimate of drug-likeness (QED) is 0.901. The molecule has 1 saturated carbocycles. The first-order valence-corrected chi connectivity index (χ1v) is 9.05. The predicted octanol–water partition coefficient (Wildman–Crippen LogP) is 3.10. The molecule has 130 valence electrons. The number of hydrogen-bond donors (Lipinski definition) is 1. The molecule has 0 spiro atoms. The van der Waals surface area contributed by atoms with Crippen LogP contribution < -0.4 is 9.47 Å². The van der Waals surface area contributed by atoms with Crippen LogP contribution in [0.15, 0.2) is 30.0 Å². The van der Waals surface area contributed by atoms with Gasteiger partial charge in [0, 0.05) is 24.7 Å². The lowest BCUT2D eigenvalue weighted by Crippen LogP contribution is -2.33. The topological polar surface area (TPSA) is 41.9 Å². The summed E-state index contributed by atoms with van der Waals surface area (Å²) in [5.41, 5.74) is 2.55. The zero-order valence-electron chi connectivity index (χ0n) is 14.6. The first-order valence-electron chi connectivity index (χ1n) is 9.05. The Hall–Kier alpha value is -1.68. The van der Waals surface area contributed by atoms with Gasteiger partial charge in [-0.3, -0.25) is 0 Å². The van der Waals surface area contributed by atoms with Crippen molar-refractivity contribution < 1.29 is 14.6 Å². The zero-order chi connectivity index (χ0) is 16.7. The Morgan fingerprint density at radius 2 is 2.04 bits per heavy atom. The van der Waals surface area contributed by atoms with Crippen molar-refractivity contribution in [1.82, 2.24) is 4.90 Å². The van der Waals surface area contributed by atoms with E-state index >= 15 is 0 Å². The molecule has 2 aliphatic carbocycles. The van der Waals surface area contributed by atoms with Gasteiger partial charge in [0.15, 0.2) is 11.5 Å². The molecule has 3 aliphatic rings. The van der Waals surface area contributed by atoms with Gasteiger partial charge in [0.05, 0.1) is 19.8 Å². The molecule has 24 heavy (non-hydrogen) atoms. The van der Waals surface area contributed by atoms with Gasteiger partial charge in [0.25, 0.3) is 0 Å². The van der Waals surface area contributed by atoms with Crippen LogP contribution >= 0.6 is 0 Å². The lowest BCUT2D eigenvalue weighted by molar-refractivity contribution is 0.181. The Balaban J connectivity index is 1.66. The number of likely N-dealkylation sites (N-methyl/N-ethyl adjacent to an activating group) is 1. The molecule has 1 aromatic rings. The van der Waals surface area contributed by atoms with E-state index in [-0.39, 0.29) is 11.5 Å². The molecule has 1 N–H and O–H groups in total. The fourth-order valence-corrected chi connectivity index (χ4v) is 4.19. The molecule has 1 heterocycles. The molecular weight excluding hydrogens is 302 g/mol. The summed E-state index contributed by atoms with van der Waals surface area (Å²) in [7, 11) is 3.83. The third-order valence-electron chi connectivity index (χ3n) is 5.88. The smallest absolute Gasteiger partial charge is 0.161 e. The van der Waals surface area contributed by atoms with Crippen molar-refractivity contribution in [2.24, 2.45) is 5.92 Å². The van der Waals surface area contributed by atoms with Crippen LogP contribution in [-0.4, -0.2) is 43.4 Å². The van der Waals surface area contributed by atoms with Gasteiger partial charge in [-0.15, -0.1) is 0 Å². The normalized spacial score (nSPS) is 29.2. The minimum absolute atomic E-state index is 0.0102. The van der Waals surface area contributed by atoms with Crippen molar-refractivity contribution in [2.75, 3.05) is 27.3 Å². The summed E-state index contributed by atoms with van der Waals surface area (Å²) < 4.78 is 11.6. The molecule has 0 aromatic heterocycles. The monoisotopic (exact) mass is 329 g/mol. The Bertz CT molecular complexity index is 652. The molecule has 2 atom stereocenters. The summed E-state index contributed by atoms with van der Waals surface area (Å²) >= 11 is 0. The maximum atomic E-state index is 10.1. The van der Waals surface area contributed by atoms with Gasteiger partial charge in [0.2, 0.25) is 0 Å². The number of hydrogen-bond acceptors (Lipinski definition) is 4. The third kappa shape index (κ3) is 2.67. The number of benzene rings is 1. The standard InChI is InChI=1S/C20H27NO3/c1-21-10-9-20(8-7-16(22)12-19(20)21)15-5-6-17(18(11-15)23-2)24-13-14-3-4-14/h5-6,11-12,14,16,22H,3-4,7-10,13H2,1-2H3/t16-,20-/m0/s1. The van der Waals surface area contributed by atoms with E-state index in [1.807, 2.05) is 6.08 Å². The molecule has 2 fully saturated rings. The number of likely N-dealkylation sites (tertiary alicyclic amines) is 1. The third-order valence-corrected chi connectivity index (χ3v) is 5.88. The molecule has 4 rings (SSSR count). The summed E-state index contributed by atoms with van der Waals surface area (Å²) in [5, 5.41) is 10.1. The molecule has 4 nitrogen and oxygen atoms in total. The van der Waals surface area contributed by atoms with Crippen LogP contribution in [0.2, 0.25) is 0 Å². The number of methoxy groups -OCH3 is 1. The van der Waals surface area contributed by atoms with Crippen LogP contribution in [0, 0.1) is 5.92 Å². The second kappa shape index (κ2) is 5.99. The Morgan fingerprint density at radius 3 is 2.79 bits per heavy atom. The fourth-order valence-electron chi connectivity index (χ4n) is 4.19. The molecule has 1 saturated heterocycles. The van der Waals surface area contributed by atoms with Gasteiger partial charge in [0.1, 0.15) is 0 Å². The average Bonchev–Trinajstić information content (AvgIpc) is 3.37. The van der Waals surface area contributed by atoms with Gasteiger partial charge in [-0.25, -0.2) is 0 Å². The first kappa shape index (κ1) is 15.8. The zero-order valence-corrected chi connectivity index (χ0v) is 14.6. The molecule has 0 unspecified atom stereocenters. The van der Waals surface area contributed by atoms with Crippen LogP contribution in [0.25, 0.3) is 0 Å². The van der Waals surface area contributed by atoms with Gasteiger partial charge in [-0.1, -0.05) is 6.07 Å². The van der Waals surface area contributed by atoms with Crippen molar-refractivity contribution in [3.05, 3.63) is 35.5 Å². The van der Waals surface area contributed by atoms with Crippen LogP contribution in [0.5, 0.6) is 11.5 Å². The van der Waals surface area contributed by atoms with Gasteiger partial charge in [-0.2, -0.15) is 0 Å². The summed E-state index contributed by atoms with van der Waals surface area (Å²) in [4.78, 5) is 2.28. The minimum Gasteiger partial charge on any atom is -0.493 e. The van der Waals surface area contributed by atoms with Crippen molar-refractivity contribution in [1.29, 1.82) is 0 Å². The van der Waals surface area contributed by atoms with Crippen LogP contribution in [0.1, 0.15) is 37.7 Å². The summed E-state index contributed by atoms with van der Waals surface area (Å²) in [5.74, 6) is 2.39. The number of ether oxygens (including phenoxy) is 2. The molecule has 0 radical (unpaired) electrons. The molecule has 0 bridgehead atoms. The second-order valence-electron chi connectivity index (χ2n) is 7.53. The van der Waals surface area contributed by atoms with Gasteiger partial charge >= 0.3 is 0 Å². The van der Waals surface area contributed by atoms with Crippen LogP contribution in [0.3, 0.4) is 0 Å². The van der Waals surface area contributed by atoms with Crippen molar-refractivity contribution >= 4 is 0 Å². The Labute approximate surface area is 144 Å². The number of aliphatic hydroxyl groups excluding tert-OH is 1. The SMILES string of the molecule is COc1cc([C@@]23CC[C@H](O)C=C2N(C)CC3)ccc1OCC1CC1. The van der Waals surface area contributed by atoms with Gasteiger partial charge < -0.3 is 19.5 Å². The molecule has 1 aromatic carbocycles. The van der Waals surface area contributed by atoms with Crippen LogP contribution in [-0.2, 0) is 5.41 Å². The lowest BCUT2D eigenvalue weighted by Gasteiger charge is -2.37. The van der Waals surface area contributed by atoms with Crippen molar-refractivity contribution in [2.45, 2.75) is 43.6 Å². The van der Waals surface area contributed by atoms with E-state index in [2.05, 4.69) is 30.1 Å². The summed E-state index contributed by atoms with van der Waals surface area (Å²) in [6, 6.07) is 6.40. The highest BCUT2D eigenvalue weighted by atomic mass is 16.5. The number of nitrogens with zero attached hydrogens (tertiary/aromatic N) is 1. The van der Waals surface area contributed by atoms with E-state index in [1.54, 1.807) is 7.11 Å². The number of allylic oxidation sites excluding steroid dienone is 1. The van der Waals surface area contributed by atoms with E-state index in [4.69, 9.17) is 9.47 Å². The number of rotatable bonds is 5. The highest BCUT2D eigenvalue weighted by Crippen LogP contribution is 2.50. The molecule has 4 heteroatoms. The lowest BCUT2D eigenvalue weighted by atomic mass is 9.70. The van der Waals surface area contributed by atoms with E-state index < -0.39 is 0 Å². The average molecular weight is 329 g/mol. The maximum Gasteiger partial charge on any atom is 0.161 e. The summed E-state index contributed by atoms with van der Waals surface area (Å²) in [6.07, 6.45) is 7.18. The fraction of sp³-hybridized carbons (Fsp3) is 0.600.